The molecule has 1 aliphatic rings. The number of piperidine rings is 1. The number of carboxylic acid groups (broad SMARTS) is 1. The van der Waals surface area contributed by atoms with E-state index in [9.17, 15) is 19.4 Å². The first-order chi connectivity index (χ1) is 12.5. The van der Waals surface area contributed by atoms with Crippen molar-refractivity contribution in [2.24, 2.45) is 0 Å². The van der Waals surface area contributed by atoms with Gasteiger partial charge < -0.3 is 14.9 Å². The van der Waals surface area contributed by atoms with Crippen molar-refractivity contribution in [3.05, 3.63) is 65.5 Å². The third kappa shape index (κ3) is 4.59. The van der Waals surface area contributed by atoms with Crippen LogP contribution in [0.2, 0.25) is 0 Å². The molecule has 1 saturated heterocycles. The Morgan fingerprint density at radius 1 is 1.23 bits per heavy atom. The summed E-state index contributed by atoms with van der Waals surface area (Å²) in [5, 5.41) is 20.2. The third-order valence-electron chi connectivity index (χ3n) is 4.58. The monoisotopic (exact) mass is 359 g/mol. The molecule has 3 rings (SSSR count). The minimum absolute atomic E-state index is 0.0630. The highest BCUT2D eigenvalue weighted by molar-refractivity contribution is 5.89. The maximum Gasteiger partial charge on any atom is 0.336 e. The minimum Gasteiger partial charge on any atom is -0.490 e. The lowest BCUT2D eigenvalue weighted by Crippen LogP contribution is -2.51. The quantitative estimate of drug-likeness (QED) is 0.830. The Hall–Kier alpha value is -2.44. The number of hydrogen-bond acceptors (Lipinski definition) is 4. The summed E-state index contributed by atoms with van der Waals surface area (Å²) < 4.78 is 18.8. The molecule has 1 aliphatic heterocycles. The van der Waals surface area contributed by atoms with E-state index in [1.807, 2.05) is 11.0 Å². The fourth-order valence-electron chi connectivity index (χ4n) is 3.34. The number of carbonyl (C=O) groups is 1. The van der Waals surface area contributed by atoms with Gasteiger partial charge in [-0.25, -0.2) is 9.18 Å². The van der Waals surface area contributed by atoms with Crippen LogP contribution in [0.15, 0.2) is 48.5 Å². The molecule has 0 radical (unpaired) electrons. The molecule has 0 aliphatic carbocycles. The molecular formula is C20H22FNO4. The lowest BCUT2D eigenvalue weighted by Gasteiger charge is -2.39. The molecule has 0 amide bonds. The molecular weight excluding hydrogens is 337 g/mol. The van der Waals surface area contributed by atoms with Crippen LogP contribution in [0.5, 0.6) is 5.75 Å². The molecule has 138 valence electrons. The molecule has 6 heteroatoms. The van der Waals surface area contributed by atoms with E-state index in [0.29, 0.717) is 25.3 Å². The van der Waals surface area contributed by atoms with Crippen molar-refractivity contribution >= 4 is 5.97 Å². The standard InChI is InChI=1S/C20H22FNO4/c21-16-6-3-7-17(11-16)26-14-20(25)9-4-10-22(13-20)12-15-5-1-2-8-18(15)19(23)24/h1-3,5-8,11,25H,4,9-10,12-14H2,(H,23,24). The number of aliphatic hydroxyl groups is 1. The summed E-state index contributed by atoms with van der Waals surface area (Å²) >= 11 is 0. The summed E-state index contributed by atoms with van der Waals surface area (Å²) in [5.74, 6) is -0.959. The Kier molecular flexibility index (Phi) is 5.54. The molecule has 2 N–H and O–H groups in total. The van der Waals surface area contributed by atoms with Crippen LogP contribution in [0.3, 0.4) is 0 Å². The molecule has 0 bridgehead atoms. The van der Waals surface area contributed by atoms with Gasteiger partial charge >= 0.3 is 5.97 Å². The van der Waals surface area contributed by atoms with Crippen LogP contribution in [-0.2, 0) is 6.54 Å². The van der Waals surface area contributed by atoms with Gasteiger partial charge in [0.2, 0.25) is 0 Å². The molecule has 1 unspecified atom stereocenters. The first-order valence-electron chi connectivity index (χ1n) is 8.59. The topological polar surface area (TPSA) is 70.0 Å². The van der Waals surface area contributed by atoms with Gasteiger partial charge in [-0.15, -0.1) is 0 Å². The highest BCUT2D eigenvalue weighted by Gasteiger charge is 2.34. The fraction of sp³-hybridized carbons (Fsp3) is 0.350. The van der Waals surface area contributed by atoms with Crippen molar-refractivity contribution < 1.29 is 24.1 Å². The van der Waals surface area contributed by atoms with E-state index in [2.05, 4.69) is 0 Å². The van der Waals surface area contributed by atoms with Crippen LogP contribution >= 0.6 is 0 Å². The molecule has 0 spiro atoms. The minimum atomic E-state index is -1.05. The predicted octanol–water partition coefficient (Wildman–Crippen LogP) is 2.93. The Bertz CT molecular complexity index is 782. The number of ether oxygens (including phenoxy) is 1. The highest BCUT2D eigenvalue weighted by atomic mass is 19.1. The average Bonchev–Trinajstić information content (AvgIpc) is 2.61. The SMILES string of the molecule is O=C(O)c1ccccc1CN1CCCC(O)(COc2cccc(F)c2)C1. The van der Waals surface area contributed by atoms with E-state index in [0.717, 1.165) is 18.5 Å². The van der Waals surface area contributed by atoms with E-state index in [4.69, 9.17) is 4.74 Å². The molecule has 1 fully saturated rings. The van der Waals surface area contributed by atoms with Gasteiger partial charge in [-0.1, -0.05) is 24.3 Å². The second kappa shape index (κ2) is 7.85. The van der Waals surface area contributed by atoms with Crippen LogP contribution in [-0.4, -0.2) is 46.4 Å². The molecule has 5 nitrogen and oxygen atoms in total. The second-order valence-electron chi connectivity index (χ2n) is 6.75. The van der Waals surface area contributed by atoms with E-state index in [1.54, 1.807) is 30.3 Å². The normalized spacial score (nSPS) is 20.7. The molecule has 0 saturated carbocycles. The average molecular weight is 359 g/mol. The van der Waals surface area contributed by atoms with E-state index < -0.39 is 11.6 Å². The fourth-order valence-corrected chi connectivity index (χ4v) is 3.34. The van der Waals surface area contributed by atoms with Gasteiger partial charge in [0.05, 0.1) is 5.56 Å². The number of hydrogen-bond donors (Lipinski definition) is 2. The third-order valence-corrected chi connectivity index (χ3v) is 4.58. The van der Waals surface area contributed by atoms with E-state index >= 15 is 0 Å². The summed E-state index contributed by atoms with van der Waals surface area (Å²) in [6.45, 7) is 1.66. The second-order valence-corrected chi connectivity index (χ2v) is 6.75. The lowest BCUT2D eigenvalue weighted by atomic mass is 9.93. The number of rotatable bonds is 6. The zero-order valence-corrected chi connectivity index (χ0v) is 14.4. The Labute approximate surface area is 151 Å². The number of likely N-dealkylation sites (tertiary alicyclic amines) is 1. The van der Waals surface area contributed by atoms with Gasteiger partial charge in [-0.2, -0.15) is 0 Å². The van der Waals surface area contributed by atoms with Gasteiger partial charge in [-0.05, 0) is 43.1 Å². The van der Waals surface area contributed by atoms with Gasteiger partial charge in [0.1, 0.15) is 23.8 Å². The number of benzene rings is 2. The summed E-state index contributed by atoms with van der Waals surface area (Å²) in [4.78, 5) is 13.4. The maximum atomic E-state index is 13.2. The van der Waals surface area contributed by atoms with Crippen molar-refractivity contribution in [2.45, 2.75) is 25.0 Å². The number of aromatic carboxylic acids is 1. The van der Waals surface area contributed by atoms with Crippen LogP contribution in [0.25, 0.3) is 0 Å². The Balaban J connectivity index is 1.64. The smallest absolute Gasteiger partial charge is 0.336 e. The molecule has 1 heterocycles. The molecule has 0 aromatic heterocycles. The van der Waals surface area contributed by atoms with Gasteiger partial charge in [-0.3, -0.25) is 4.90 Å². The first kappa shape index (κ1) is 18.4. The summed E-state index contributed by atoms with van der Waals surface area (Å²) in [6, 6.07) is 12.7. The van der Waals surface area contributed by atoms with E-state index in [-0.39, 0.29) is 18.0 Å². The molecule has 1 atom stereocenters. The van der Waals surface area contributed by atoms with Gasteiger partial charge in [0.15, 0.2) is 0 Å². The number of halogens is 1. The van der Waals surface area contributed by atoms with Crippen molar-refractivity contribution in [2.75, 3.05) is 19.7 Å². The Morgan fingerprint density at radius 3 is 2.81 bits per heavy atom. The largest absolute Gasteiger partial charge is 0.490 e. The molecule has 2 aromatic carbocycles. The summed E-state index contributed by atoms with van der Waals surface area (Å²) in [6.07, 6.45) is 1.36. The lowest BCUT2D eigenvalue weighted by molar-refractivity contribution is -0.0621. The predicted molar refractivity (Wildman–Crippen MR) is 94.8 cm³/mol. The summed E-state index contributed by atoms with van der Waals surface area (Å²) in [5.41, 5.74) is -0.0594. The van der Waals surface area contributed by atoms with Crippen LogP contribution in [0.1, 0.15) is 28.8 Å². The highest BCUT2D eigenvalue weighted by Crippen LogP contribution is 2.25. The van der Waals surface area contributed by atoms with Crippen molar-refractivity contribution in [3.63, 3.8) is 0 Å². The zero-order chi connectivity index (χ0) is 18.6. The van der Waals surface area contributed by atoms with Crippen molar-refractivity contribution in [3.8, 4) is 5.75 Å². The number of nitrogens with zero attached hydrogens (tertiary/aromatic N) is 1. The van der Waals surface area contributed by atoms with Crippen LogP contribution < -0.4 is 4.74 Å². The van der Waals surface area contributed by atoms with Gasteiger partial charge in [0, 0.05) is 19.2 Å². The van der Waals surface area contributed by atoms with E-state index in [1.165, 1.54) is 12.1 Å². The molecule has 2 aromatic rings. The van der Waals surface area contributed by atoms with Crippen LogP contribution in [0, 0.1) is 5.82 Å². The van der Waals surface area contributed by atoms with Crippen molar-refractivity contribution in [1.29, 1.82) is 0 Å². The Morgan fingerprint density at radius 2 is 2.04 bits per heavy atom. The van der Waals surface area contributed by atoms with Crippen molar-refractivity contribution in [1.82, 2.24) is 4.90 Å². The molecule has 26 heavy (non-hydrogen) atoms. The first-order valence-corrected chi connectivity index (χ1v) is 8.59. The number of β-amino-alcohol motifs (C(OH)–C–C–N with tert-alkyl or cyclic N) is 1. The van der Waals surface area contributed by atoms with Gasteiger partial charge in [0.25, 0.3) is 0 Å². The summed E-state index contributed by atoms with van der Waals surface area (Å²) in [7, 11) is 0. The maximum absolute atomic E-state index is 13.2. The van der Waals surface area contributed by atoms with Crippen LogP contribution in [0.4, 0.5) is 4.39 Å². The zero-order valence-electron chi connectivity index (χ0n) is 14.4. The number of carboxylic acids is 1.